The molecule has 1 saturated carbocycles. The highest BCUT2D eigenvalue weighted by Gasteiger charge is 2.44. The Kier molecular flexibility index (Phi) is 4.10. The SMILES string of the molecule is Cc1ccc(OCC2(CC(N)=S)CC2)c(C(C)(C)C)c1. The lowest BCUT2D eigenvalue weighted by molar-refractivity contribution is 0.234. The van der Waals surface area contributed by atoms with Crippen LogP contribution in [0.2, 0.25) is 0 Å². The van der Waals surface area contributed by atoms with E-state index in [1.54, 1.807) is 0 Å². The average Bonchev–Trinajstić information content (AvgIpc) is 3.05. The molecule has 2 nitrogen and oxygen atoms in total. The van der Waals surface area contributed by atoms with Gasteiger partial charge in [0, 0.05) is 11.8 Å². The Bertz CT molecular complexity index is 512. The normalized spacial score (nSPS) is 16.8. The smallest absolute Gasteiger partial charge is 0.123 e. The standard InChI is InChI=1S/C17H25NOS/c1-12-5-6-14(13(9-12)16(2,3)4)19-11-17(7-8-17)10-15(18)20/h5-6,9H,7-8,10-11H2,1-4H3,(H2,18,20). The summed E-state index contributed by atoms with van der Waals surface area (Å²) in [6.45, 7) is 9.49. The molecule has 0 saturated heterocycles. The molecule has 0 spiro atoms. The number of thiocarbonyl (C=S) groups is 1. The molecule has 0 unspecified atom stereocenters. The monoisotopic (exact) mass is 291 g/mol. The molecule has 0 aliphatic heterocycles. The van der Waals surface area contributed by atoms with Crippen molar-refractivity contribution in [1.29, 1.82) is 0 Å². The van der Waals surface area contributed by atoms with Gasteiger partial charge in [0.1, 0.15) is 5.75 Å². The zero-order chi connectivity index (χ0) is 15.0. The van der Waals surface area contributed by atoms with E-state index in [1.165, 1.54) is 24.0 Å². The van der Waals surface area contributed by atoms with Crippen LogP contribution in [0.3, 0.4) is 0 Å². The summed E-state index contributed by atoms with van der Waals surface area (Å²) in [7, 11) is 0. The Morgan fingerprint density at radius 3 is 2.50 bits per heavy atom. The van der Waals surface area contributed by atoms with E-state index in [-0.39, 0.29) is 10.8 Å². The van der Waals surface area contributed by atoms with Gasteiger partial charge in [-0.15, -0.1) is 0 Å². The Labute approximate surface area is 127 Å². The van der Waals surface area contributed by atoms with Crippen LogP contribution >= 0.6 is 12.2 Å². The minimum Gasteiger partial charge on any atom is -0.493 e. The minimum absolute atomic E-state index is 0.0846. The fraction of sp³-hybridized carbons (Fsp3) is 0.588. The van der Waals surface area contributed by atoms with E-state index in [4.69, 9.17) is 22.7 Å². The molecule has 0 aromatic heterocycles. The quantitative estimate of drug-likeness (QED) is 0.829. The van der Waals surface area contributed by atoms with Crippen LogP contribution in [0.15, 0.2) is 18.2 Å². The highest BCUT2D eigenvalue weighted by molar-refractivity contribution is 7.80. The molecule has 2 rings (SSSR count). The van der Waals surface area contributed by atoms with Gasteiger partial charge >= 0.3 is 0 Å². The van der Waals surface area contributed by atoms with E-state index in [0.717, 1.165) is 18.8 Å². The van der Waals surface area contributed by atoms with Gasteiger partial charge in [0.15, 0.2) is 0 Å². The topological polar surface area (TPSA) is 35.2 Å². The van der Waals surface area contributed by atoms with Gasteiger partial charge in [-0.25, -0.2) is 0 Å². The van der Waals surface area contributed by atoms with Crippen molar-refractivity contribution in [2.75, 3.05) is 6.61 Å². The van der Waals surface area contributed by atoms with E-state index < -0.39 is 0 Å². The van der Waals surface area contributed by atoms with Crippen LogP contribution in [0.25, 0.3) is 0 Å². The molecule has 0 heterocycles. The summed E-state index contributed by atoms with van der Waals surface area (Å²) in [5.74, 6) is 0.998. The molecule has 1 aliphatic carbocycles. The lowest BCUT2D eigenvalue weighted by Crippen LogP contribution is -2.22. The fourth-order valence-electron chi connectivity index (χ4n) is 2.51. The second-order valence-corrected chi connectivity index (χ2v) is 7.71. The van der Waals surface area contributed by atoms with Crippen molar-refractivity contribution >= 4 is 17.2 Å². The van der Waals surface area contributed by atoms with E-state index in [1.807, 2.05) is 0 Å². The Morgan fingerprint density at radius 2 is 2.00 bits per heavy atom. The molecule has 1 aliphatic rings. The van der Waals surface area contributed by atoms with Gasteiger partial charge in [-0.05, 0) is 36.8 Å². The van der Waals surface area contributed by atoms with Crippen LogP contribution in [-0.2, 0) is 5.41 Å². The van der Waals surface area contributed by atoms with Crippen LogP contribution in [0.1, 0.15) is 51.2 Å². The van der Waals surface area contributed by atoms with Crippen molar-refractivity contribution in [3.8, 4) is 5.75 Å². The predicted octanol–water partition coefficient (Wildman–Crippen LogP) is 4.13. The zero-order valence-corrected chi connectivity index (χ0v) is 13.8. The molecule has 1 aromatic rings. The number of hydrogen-bond acceptors (Lipinski definition) is 2. The second kappa shape index (κ2) is 5.36. The molecule has 1 fully saturated rings. The van der Waals surface area contributed by atoms with Crippen molar-refractivity contribution in [1.82, 2.24) is 0 Å². The van der Waals surface area contributed by atoms with Crippen molar-refractivity contribution in [2.45, 2.75) is 52.4 Å². The molecule has 2 N–H and O–H groups in total. The van der Waals surface area contributed by atoms with Gasteiger partial charge in [-0.1, -0.05) is 50.7 Å². The summed E-state index contributed by atoms with van der Waals surface area (Å²) in [5.41, 5.74) is 8.50. The number of rotatable bonds is 5. The maximum atomic E-state index is 6.13. The Hall–Kier alpha value is -1.09. The molecule has 0 atom stereocenters. The highest BCUT2D eigenvalue weighted by Crippen LogP contribution is 2.49. The first-order valence-corrected chi connectivity index (χ1v) is 7.65. The number of ether oxygens (including phenoxy) is 1. The van der Waals surface area contributed by atoms with Gasteiger partial charge in [0.25, 0.3) is 0 Å². The summed E-state index contributed by atoms with van der Waals surface area (Å²) in [5, 5.41) is 0. The van der Waals surface area contributed by atoms with Crippen LogP contribution in [0, 0.1) is 12.3 Å². The molecule has 1 aromatic carbocycles. The van der Waals surface area contributed by atoms with E-state index in [9.17, 15) is 0 Å². The summed E-state index contributed by atoms with van der Waals surface area (Å²) < 4.78 is 6.13. The summed E-state index contributed by atoms with van der Waals surface area (Å²) in [6, 6.07) is 6.42. The molecular formula is C17H25NOS. The molecule has 0 amide bonds. The van der Waals surface area contributed by atoms with Gasteiger partial charge in [-0.3, -0.25) is 0 Å². The summed E-state index contributed by atoms with van der Waals surface area (Å²) in [6.07, 6.45) is 3.14. The largest absolute Gasteiger partial charge is 0.493 e. The predicted molar refractivity (Wildman–Crippen MR) is 88.4 cm³/mol. The van der Waals surface area contributed by atoms with Crippen LogP contribution in [0.5, 0.6) is 5.75 Å². The third-order valence-electron chi connectivity index (χ3n) is 3.98. The first kappa shape index (κ1) is 15.3. The third-order valence-corrected chi connectivity index (χ3v) is 4.13. The third kappa shape index (κ3) is 3.72. The van der Waals surface area contributed by atoms with E-state index in [2.05, 4.69) is 45.9 Å². The van der Waals surface area contributed by atoms with Gasteiger partial charge < -0.3 is 10.5 Å². The molecule has 3 heteroatoms. The number of benzene rings is 1. The molecule has 20 heavy (non-hydrogen) atoms. The van der Waals surface area contributed by atoms with E-state index in [0.29, 0.717) is 4.99 Å². The second-order valence-electron chi connectivity index (χ2n) is 7.18. The fourth-order valence-corrected chi connectivity index (χ4v) is 2.81. The van der Waals surface area contributed by atoms with Crippen LogP contribution in [0.4, 0.5) is 0 Å². The van der Waals surface area contributed by atoms with Crippen molar-refractivity contribution < 1.29 is 4.74 Å². The summed E-state index contributed by atoms with van der Waals surface area (Å²) >= 11 is 5.04. The first-order chi connectivity index (χ1) is 9.22. The van der Waals surface area contributed by atoms with Gasteiger partial charge in [0.2, 0.25) is 0 Å². The first-order valence-electron chi connectivity index (χ1n) is 7.24. The minimum atomic E-state index is 0.0846. The number of hydrogen-bond donors (Lipinski definition) is 1. The molecule has 0 radical (unpaired) electrons. The molecule has 110 valence electrons. The maximum Gasteiger partial charge on any atom is 0.123 e. The van der Waals surface area contributed by atoms with Gasteiger partial charge in [0.05, 0.1) is 11.6 Å². The van der Waals surface area contributed by atoms with E-state index >= 15 is 0 Å². The lowest BCUT2D eigenvalue weighted by Gasteiger charge is -2.25. The van der Waals surface area contributed by atoms with Crippen molar-refractivity contribution in [3.63, 3.8) is 0 Å². The van der Waals surface area contributed by atoms with Crippen LogP contribution < -0.4 is 10.5 Å². The highest BCUT2D eigenvalue weighted by atomic mass is 32.1. The van der Waals surface area contributed by atoms with Crippen LogP contribution in [-0.4, -0.2) is 11.6 Å². The van der Waals surface area contributed by atoms with Crippen molar-refractivity contribution in [2.24, 2.45) is 11.1 Å². The Balaban J connectivity index is 2.12. The molecule has 0 bridgehead atoms. The zero-order valence-electron chi connectivity index (χ0n) is 13.0. The maximum absolute atomic E-state index is 6.13. The van der Waals surface area contributed by atoms with Crippen molar-refractivity contribution in [3.05, 3.63) is 29.3 Å². The molecular weight excluding hydrogens is 266 g/mol. The summed E-state index contributed by atoms with van der Waals surface area (Å²) in [4.78, 5) is 0.603. The number of nitrogens with two attached hydrogens (primary N) is 1. The lowest BCUT2D eigenvalue weighted by atomic mass is 9.85. The average molecular weight is 291 g/mol. The van der Waals surface area contributed by atoms with Gasteiger partial charge in [-0.2, -0.15) is 0 Å². The number of aryl methyl sites for hydroxylation is 1. The Morgan fingerprint density at radius 1 is 1.35 bits per heavy atom.